The lowest BCUT2D eigenvalue weighted by atomic mass is 9.96. The summed E-state index contributed by atoms with van der Waals surface area (Å²) in [6.07, 6.45) is -2.37. The van der Waals surface area contributed by atoms with Crippen LogP contribution in [0.5, 0.6) is 0 Å². The maximum absolute atomic E-state index is 11.5. The van der Waals surface area contributed by atoms with Crippen molar-refractivity contribution in [1.82, 2.24) is 14.6 Å². The summed E-state index contributed by atoms with van der Waals surface area (Å²) >= 11 is 0. The van der Waals surface area contributed by atoms with E-state index in [0.29, 0.717) is 11.2 Å². The quantitative estimate of drug-likeness (QED) is 0.702. The van der Waals surface area contributed by atoms with Crippen molar-refractivity contribution < 1.29 is 24.1 Å². The molecule has 23 heavy (non-hydrogen) atoms. The van der Waals surface area contributed by atoms with Crippen LogP contribution in [0, 0.1) is 11.3 Å². The van der Waals surface area contributed by atoms with Gasteiger partial charge in [-0.3, -0.25) is 0 Å². The lowest BCUT2D eigenvalue weighted by Gasteiger charge is -2.22. The number of anilines is 1. The number of carbonyl (C=O) groups excluding carboxylic acids is 1. The lowest BCUT2D eigenvalue weighted by molar-refractivity contribution is -0.0868. The summed E-state index contributed by atoms with van der Waals surface area (Å²) in [6, 6.07) is 5.24. The number of aliphatic hydroxyl groups is 1. The first-order valence-electron chi connectivity index (χ1n) is 6.75. The van der Waals surface area contributed by atoms with Crippen molar-refractivity contribution in [1.29, 1.82) is 5.26 Å². The predicted molar refractivity (Wildman–Crippen MR) is 71.8 cm³/mol. The molecule has 2 aliphatic heterocycles. The average Bonchev–Trinajstić information content (AvgIpc) is 3.20. The van der Waals surface area contributed by atoms with E-state index in [9.17, 15) is 15.2 Å². The average molecular weight is 317 g/mol. The Kier molecular flexibility index (Phi) is 2.72. The number of nitrogens with zero attached hydrogens (tertiary/aromatic N) is 4. The van der Waals surface area contributed by atoms with E-state index in [1.54, 1.807) is 12.1 Å². The highest BCUT2D eigenvalue weighted by molar-refractivity contribution is 5.66. The SMILES string of the molecule is N#C[C@]1(CO)O[C@@H](c2ccc3c(N)ncnn23)C2OC(=O)OC21. The summed E-state index contributed by atoms with van der Waals surface area (Å²) in [6.45, 7) is -0.641. The van der Waals surface area contributed by atoms with Gasteiger partial charge in [-0.05, 0) is 12.1 Å². The van der Waals surface area contributed by atoms with E-state index < -0.39 is 36.7 Å². The predicted octanol–water partition coefficient (Wildman–Crippen LogP) is -0.459. The van der Waals surface area contributed by atoms with Crippen LogP contribution in [0.2, 0.25) is 0 Å². The van der Waals surface area contributed by atoms with E-state index in [2.05, 4.69) is 10.1 Å². The first kappa shape index (κ1) is 13.7. The summed E-state index contributed by atoms with van der Waals surface area (Å²) in [7, 11) is 0. The minimum absolute atomic E-state index is 0.272. The van der Waals surface area contributed by atoms with E-state index in [0.717, 1.165) is 0 Å². The fraction of sp³-hybridized carbons (Fsp3) is 0.385. The number of carbonyl (C=O) groups is 1. The number of ether oxygens (including phenoxy) is 3. The van der Waals surface area contributed by atoms with Crippen molar-refractivity contribution in [3.8, 4) is 6.07 Å². The molecule has 0 amide bonds. The third-order valence-electron chi connectivity index (χ3n) is 4.08. The van der Waals surface area contributed by atoms with Gasteiger partial charge < -0.3 is 25.1 Å². The lowest BCUT2D eigenvalue weighted by Crippen LogP contribution is -2.44. The summed E-state index contributed by atoms with van der Waals surface area (Å²) in [4.78, 5) is 15.4. The molecule has 2 aromatic heterocycles. The highest BCUT2D eigenvalue weighted by Crippen LogP contribution is 2.46. The molecule has 4 heterocycles. The summed E-state index contributed by atoms with van der Waals surface area (Å²) in [5.41, 5.74) is 5.15. The zero-order valence-corrected chi connectivity index (χ0v) is 11.6. The van der Waals surface area contributed by atoms with Gasteiger partial charge in [0.25, 0.3) is 0 Å². The molecule has 4 rings (SSSR count). The number of nitrogens with two attached hydrogens (primary N) is 1. The van der Waals surface area contributed by atoms with E-state index in [-0.39, 0.29) is 5.82 Å². The maximum atomic E-state index is 11.5. The number of nitriles is 1. The van der Waals surface area contributed by atoms with Gasteiger partial charge in [0.1, 0.15) is 24.0 Å². The number of rotatable bonds is 2. The molecule has 0 aliphatic carbocycles. The molecule has 3 N–H and O–H groups in total. The molecule has 0 aromatic carbocycles. The molecule has 2 fully saturated rings. The van der Waals surface area contributed by atoms with Crippen LogP contribution < -0.4 is 5.73 Å². The fourth-order valence-corrected chi connectivity index (χ4v) is 2.98. The van der Waals surface area contributed by atoms with Crippen LogP contribution >= 0.6 is 0 Å². The Hall–Kier alpha value is -2.90. The standard InChI is InChI=1S/C13H11N5O5/c14-3-13(4-19)10-9(21-12(20)22-10)8(23-13)6-1-2-7-11(15)16-5-17-18(6)7/h1-2,5,8-10,19H,4H2,(H2,15,16,17)/t8-,9?,10?,13+/m0/s1. The van der Waals surface area contributed by atoms with Gasteiger partial charge in [-0.25, -0.2) is 14.3 Å². The molecule has 2 unspecified atom stereocenters. The van der Waals surface area contributed by atoms with E-state index in [1.165, 1.54) is 10.8 Å². The van der Waals surface area contributed by atoms with Crippen LogP contribution in [0.4, 0.5) is 10.6 Å². The second-order valence-corrected chi connectivity index (χ2v) is 5.27. The van der Waals surface area contributed by atoms with Gasteiger partial charge in [-0.2, -0.15) is 10.4 Å². The van der Waals surface area contributed by atoms with Crippen LogP contribution in [-0.2, 0) is 14.2 Å². The second kappa shape index (κ2) is 4.55. The van der Waals surface area contributed by atoms with Gasteiger partial charge in [-0.1, -0.05) is 0 Å². The Morgan fingerprint density at radius 2 is 2.30 bits per heavy atom. The number of nitrogen functional groups attached to an aromatic ring is 1. The summed E-state index contributed by atoms with van der Waals surface area (Å²) in [5.74, 6) is 0.272. The second-order valence-electron chi connectivity index (χ2n) is 5.27. The van der Waals surface area contributed by atoms with E-state index in [4.69, 9.17) is 19.9 Å². The Morgan fingerprint density at radius 3 is 3.04 bits per heavy atom. The molecule has 4 atom stereocenters. The number of aliphatic hydroxyl groups excluding tert-OH is 1. The molecule has 0 spiro atoms. The minimum atomic E-state index is -1.69. The van der Waals surface area contributed by atoms with Crippen molar-refractivity contribution in [3.63, 3.8) is 0 Å². The van der Waals surface area contributed by atoms with Gasteiger partial charge in [0, 0.05) is 0 Å². The molecular formula is C13H11N5O5. The topological polar surface area (TPSA) is 145 Å². The first-order valence-corrected chi connectivity index (χ1v) is 6.75. The molecular weight excluding hydrogens is 306 g/mol. The van der Waals surface area contributed by atoms with Crippen LogP contribution in [-0.4, -0.2) is 50.3 Å². The maximum Gasteiger partial charge on any atom is 0.509 e. The molecule has 0 radical (unpaired) electrons. The molecule has 10 heteroatoms. The molecule has 2 saturated heterocycles. The summed E-state index contributed by atoms with van der Waals surface area (Å²) in [5, 5.41) is 23.1. The zero-order chi connectivity index (χ0) is 16.2. The third kappa shape index (κ3) is 1.71. The molecule has 0 saturated carbocycles. The Bertz CT molecular complexity index is 845. The van der Waals surface area contributed by atoms with E-state index >= 15 is 0 Å². The smallest absolute Gasteiger partial charge is 0.424 e. The Balaban J connectivity index is 1.84. The van der Waals surface area contributed by atoms with Gasteiger partial charge >= 0.3 is 6.16 Å². The molecule has 10 nitrogen and oxygen atoms in total. The van der Waals surface area contributed by atoms with Gasteiger partial charge in [0.15, 0.2) is 18.0 Å². The van der Waals surface area contributed by atoms with Crippen molar-refractivity contribution in [2.45, 2.75) is 23.9 Å². The number of fused-ring (bicyclic) bond motifs is 2. The van der Waals surface area contributed by atoms with Crippen molar-refractivity contribution in [2.75, 3.05) is 12.3 Å². The molecule has 0 bridgehead atoms. The van der Waals surface area contributed by atoms with Crippen LogP contribution in [0.25, 0.3) is 5.52 Å². The van der Waals surface area contributed by atoms with Crippen LogP contribution in [0.15, 0.2) is 18.5 Å². The van der Waals surface area contributed by atoms with Gasteiger partial charge in [0.2, 0.25) is 5.60 Å². The van der Waals surface area contributed by atoms with Crippen molar-refractivity contribution >= 4 is 17.5 Å². The number of hydrogen-bond acceptors (Lipinski definition) is 9. The third-order valence-corrected chi connectivity index (χ3v) is 4.08. The van der Waals surface area contributed by atoms with Gasteiger partial charge in [-0.15, -0.1) is 0 Å². The highest BCUT2D eigenvalue weighted by Gasteiger charge is 2.64. The normalized spacial score (nSPS) is 32.3. The Labute approximate surface area is 129 Å². The van der Waals surface area contributed by atoms with Crippen molar-refractivity contribution in [2.24, 2.45) is 0 Å². The van der Waals surface area contributed by atoms with Crippen LogP contribution in [0.3, 0.4) is 0 Å². The monoisotopic (exact) mass is 317 g/mol. The highest BCUT2D eigenvalue weighted by atomic mass is 16.8. The minimum Gasteiger partial charge on any atom is -0.424 e. The number of aromatic nitrogens is 3. The van der Waals surface area contributed by atoms with Crippen molar-refractivity contribution in [3.05, 3.63) is 24.2 Å². The fourth-order valence-electron chi connectivity index (χ4n) is 2.98. The summed E-state index contributed by atoms with van der Waals surface area (Å²) < 4.78 is 17.3. The van der Waals surface area contributed by atoms with E-state index in [1.807, 2.05) is 6.07 Å². The number of hydrogen-bond donors (Lipinski definition) is 2. The zero-order valence-electron chi connectivity index (χ0n) is 11.6. The first-order chi connectivity index (χ1) is 11.1. The van der Waals surface area contributed by atoms with Gasteiger partial charge in [0.05, 0.1) is 12.3 Å². The largest absolute Gasteiger partial charge is 0.509 e. The molecule has 118 valence electrons. The molecule has 2 aromatic rings. The Morgan fingerprint density at radius 1 is 1.48 bits per heavy atom. The molecule has 2 aliphatic rings. The van der Waals surface area contributed by atoms with Crippen LogP contribution in [0.1, 0.15) is 11.8 Å².